The number of halogens is 1. The molecule has 0 amide bonds. The predicted octanol–water partition coefficient (Wildman–Crippen LogP) is 2.82. The van der Waals surface area contributed by atoms with Crippen LogP contribution in [0.4, 0.5) is 0 Å². The third-order valence-electron chi connectivity index (χ3n) is 1.61. The van der Waals surface area contributed by atoms with E-state index in [-0.39, 0.29) is 6.10 Å². The highest BCUT2D eigenvalue weighted by Gasteiger charge is 2.29. The Morgan fingerprint density at radius 2 is 2.20 bits per heavy atom. The van der Waals surface area contributed by atoms with Crippen molar-refractivity contribution in [3.8, 4) is 0 Å². The minimum atomic E-state index is -2.71. The summed E-state index contributed by atoms with van der Waals surface area (Å²) in [6.45, 7) is 1.77. The van der Waals surface area contributed by atoms with Gasteiger partial charge in [-0.1, -0.05) is 6.92 Å². The maximum Gasteiger partial charge on any atom is 0.305 e. The molecule has 0 aromatic rings. The summed E-state index contributed by atoms with van der Waals surface area (Å²) < 4.78 is 10.1. The summed E-state index contributed by atoms with van der Waals surface area (Å²) in [5, 5.41) is 7.28. The van der Waals surface area contributed by atoms with Crippen molar-refractivity contribution in [2.24, 2.45) is 5.92 Å². The van der Waals surface area contributed by atoms with Gasteiger partial charge in [0.25, 0.3) is 0 Å². The Hall–Kier alpha value is 0.440. The van der Waals surface area contributed by atoms with E-state index < -0.39 is 6.86 Å². The largest absolute Gasteiger partial charge is 0.312 e. The summed E-state index contributed by atoms with van der Waals surface area (Å²) in [7, 11) is 0. The fraction of sp³-hybridized carbons (Fsp3) is 1.00. The molecular formula is C5H11ClNO2P. The van der Waals surface area contributed by atoms with Gasteiger partial charge in [-0.2, -0.15) is 0 Å². The summed E-state index contributed by atoms with van der Waals surface area (Å²) in [5.41, 5.74) is 0. The molecule has 1 N–H and O–H groups in total. The van der Waals surface area contributed by atoms with Crippen LogP contribution in [0.3, 0.4) is 0 Å². The second-order valence-corrected chi connectivity index (χ2v) is 5.33. The highest BCUT2D eigenvalue weighted by molar-refractivity contribution is 7.82. The molecule has 0 radical (unpaired) electrons. The maximum absolute atomic E-state index is 7.28. The van der Waals surface area contributed by atoms with Crippen molar-refractivity contribution in [1.82, 2.24) is 0 Å². The standard InChI is InChI=1S/C5H11ClNO2P/c1-4-3-8-10(6,7)9-5(4)2/h4-5,7H,3H2,1-2H3. The van der Waals surface area contributed by atoms with Gasteiger partial charge in [0.15, 0.2) is 0 Å². The predicted molar refractivity (Wildman–Crippen MR) is 41.2 cm³/mol. The van der Waals surface area contributed by atoms with Gasteiger partial charge in [-0.05, 0) is 18.2 Å². The molecule has 1 saturated heterocycles. The summed E-state index contributed by atoms with van der Waals surface area (Å²) in [6.07, 6.45) is 0.0529. The third kappa shape index (κ3) is 1.96. The highest BCUT2D eigenvalue weighted by Crippen LogP contribution is 2.58. The van der Waals surface area contributed by atoms with Gasteiger partial charge in [-0.25, -0.2) is 0 Å². The molecule has 0 aromatic carbocycles. The zero-order chi connectivity index (χ0) is 7.78. The van der Waals surface area contributed by atoms with E-state index in [1.165, 1.54) is 0 Å². The number of hydrogen-bond donors (Lipinski definition) is 1. The van der Waals surface area contributed by atoms with Crippen molar-refractivity contribution in [2.75, 3.05) is 6.61 Å². The molecule has 3 unspecified atom stereocenters. The van der Waals surface area contributed by atoms with Crippen LogP contribution in [0, 0.1) is 11.1 Å². The average Bonchev–Trinajstić information content (AvgIpc) is 1.79. The van der Waals surface area contributed by atoms with Crippen LogP contribution in [0.1, 0.15) is 13.8 Å². The van der Waals surface area contributed by atoms with Crippen molar-refractivity contribution in [2.45, 2.75) is 20.0 Å². The molecular weight excluding hydrogens is 172 g/mol. The molecule has 1 aliphatic rings. The van der Waals surface area contributed by atoms with Crippen LogP contribution in [-0.2, 0) is 9.05 Å². The Labute approximate surface area is 65.5 Å². The van der Waals surface area contributed by atoms with E-state index in [2.05, 4.69) is 0 Å². The Morgan fingerprint density at radius 3 is 2.60 bits per heavy atom. The third-order valence-corrected chi connectivity index (χ3v) is 3.22. The van der Waals surface area contributed by atoms with Crippen LogP contribution in [0.2, 0.25) is 0 Å². The van der Waals surface area contributed by atoms with Crippen LogP contribution in [0.5, 0.6) is 0 Å². The quantitative estimate of drug-likeness (QED) is 0.587. The lowest BCUT2D eigenvalue weighted by Gasteiger charge is -2.30. The molecule has 1 fully saturated rings. The topological polar surface area (TPSA) is 42.3 Å². The molecule has 0 bridgehead atoms. The van der Waals surface area contributed by atoms with Gasteiger partial charge in [0.2, 0.25) is 0 Å². The second-order valence-electron chi connectivity index (χ2n) is 2.56. The van der Waals surface area contributed by atoms with Gasteiger partial charge in [0.05, 0.1) is 12.7 Å². The first-order valence-corrected chi connectivity index (χ1v) is 5.71. The summed E-state index contributed by atoms with van der Waals surface area (Å²) in [6, 6.07) is 0. The van der Waals surface area contributed by atoms with Gasteiger partial charge in [0, 0.05) is 5.92 Å². The first-order chi connectivity index (χ1) is 4.51. The van der Waals surface area contributed by atoms with Crippen molar-refractivity contribution in [3.05, 3.63) is 0 Å². The van der Waals surface area contributed by atoms with Crippen LogP contribution in [-0.4, -0.2) is 12.7 Å². The first kappa shape index (κ1) is 8.54. The van der Waals surface area contributed by atoms with E-state index in [1.54, 1.807) is 0 Å². The lowest BCUT2D eigenvalue weighted by Crippen LogP contribution is -2.25. The lowest BCUT2D eigenvalue weighted by atomic mass is 10.1. The SMILES string of the molecule is CC1COP(=N)(Cl)OC1C. The fourth-order valence-electron chi connectivity index (χ4n) is 0.697. The first-order valence-electron chi connectivity index (χ1n) is 3.18. The summed E-state index contributed by atoms with van der Waals surface area (Å²) >= 11 is 5.57. The number of nitrogens with one attached hydrogen (secondary N) is 1. The minimum Gasteiger partial charge on any atom is -0.312 e. The number of rotatable bonds is 0. The molecule has 1 heterocycles. The van der Waals surface area contributed by atoms with Crippen LogP contribution >= 0.6 is 18.1 Å². The van der Waals surface area contributed by atoms with E-state index in [9.17, 15) is 0 Å². The van der Waals surface area contributed by atoms with Crippen LogP contribution < -0.4 is 0 Å². The smallest absolute Gasteiger partial charge is 0.305 e. The molecule has 1 aliphatic heterocycles. The van der Waals surface area contributed by atoms with Crippen molar-refractivity contribution in [1.29, 1.82) is 5.16 Å². The fourth-order valence-corrected chi connectivity index (χ4v) is 2.37. The Morgan fingerprint density at radius 1 is 1.60 bits per heavy atom. The summed E-state index contributed by atoms with van der Waals surface area (Å²) in [5.74, 6) is 0.345. The zero-order valence-electron chi connectivity index (χ0n) is 6.00. The molecule has 0 saturated carbocycles. The van der Waals surface area contributed by atoms with Gasteiger partial charge in [-0.3, -0.25) is 5.16 Å². The Bertz CT molecular complexity index is 175. The van der Waals surface area contributed by atoms with Crippen molar-refractivity contribution < 1.29 is 9.05 Å². The second kappa shape index (κ2) is 2.82. The van der Waals surface area contributed by atoms with E-state index in [0.717, 1.165) is 0 Å². The van der Waals surface area contributed by atoms with Crippen LogP contribution in [0.15, 0.2) is 0 Å². The molecule has 10 heavy (non-hydrogen) atoms. The van der Waals surface area contributed by atoms with Crippen molar-refractivity contribution >= 4 is 18.1 Å². The number of hydrogen-bond acceptors (Lipinski definition) is 3. The molecule has 3 nitrogen and oxygen atoms in total. The normalized spacial score (nSPS) is 49.1. The van der Waals surface area contributed by atoms with Gasteiger partial charge >= 0.3 is 6.86 Å². The molecule has 0 aromatic heterocycles. The van der Waals surface area contributed by atoms with Gasteiger partial charge in [-0.15, -0.1) is 0 Å². The van der Waals surface area contributed by atoms with E-state index in [1.807, 2.05) is 13.8 Å². The molecule has 1 rings (SSSR count). The average molecular weight is 184 g/mol. The van der Waals surface area contributed by atoms with Gasteiger partial charge < -0.3 is 9.05 Å². The molecule has 0 aliphatic carbocycles. The zero-order valence-corrected chi connectivity index (χ0v) is 7.65. The van der Waals surface area contributed by atoms with E-state index in [4.69, 9.17) is 25.5 Å². The lowest BCUT2D eigenvalue weighted by molar-refractivity contribution is 0.0674. The Balaban J connectivity index is 2.57. The molecule has 60 valence electrons. The monoisotopic (exact) mass is 183 g/mol. The molecule has 5 heteroatoms. The van der Waals surface area contributed by atoms with Crippen LogP contribution in [0.25, 0.3) is 0 Å². The van der Waals surface area contributed by atoms with E-state index >= 15 is 0 Å². The Kier molecular flexibility index (Phi) is 2.41. The summed E-state index contributed by atoms with van der Waals surface area (Å²) in [4.78, 5) is 0. The minimum absolute atomic E-state index is 0.0529. The molecule has 0 spiro atoms. The van der Waals surface area contributed by atoms with E-state index in [0.29, 0.717) is 12.5 Å². The maximum atomic E-state index is 7.28. The van der Waals surface area contributed by atoms with Gasteiger partial charge in [0.1, 0.15) is 0 Å². The highest BCUT2D eigenvalue weighted by atomic mass is 35.7. The molecule has 3 atom stereocenters. The van der Waals surface area contributed by atoms with Crippen molar-refractivity contribution in [3.63, 3.8) is 0 Å².